The minimum Gasteiger partial charge on any atom is -0.149 e. The summed E-state index contributed by atoms with van der Waals surface area (Å²) in [6.45, 7) is 5.07. The van der Waals surface area contributed by atoms with Crippen LogP contribution in [0.1, 0.15) is 13.8 Å². The zero-order valence-electron chi connectivity index (χ0n) is 6.14. The van der Waals surface area contributed by atoms with Crippen LogP contribution in [0.3, 0.4) is 0 Å². The zero-order valence-corrected chi connectivity index (χ0v) is 6.14. The molecule has 0 aromatic heterocycles. The molecule has 2 heteroatoms. The summed E-state index contributed by atoms with van der Waals surface area (Å²) in [6.07, 6.45) is 0. The molecule has 8 heavy (non-hydrogen) atoms. The van der Waals surface area contributed by atoms with Crippen LogP contribution in [0, 0.1) is 5.92 Å². The lowest BCUT2D eigenvalue weighted by Gasteiger charge is -2.01. The van der Waals surface area contributed by atoms with Crippen LogP contribution in [0.15, 0.2) is 0 Å². The molecule has 0 aliphatic heterocycles. The van der Waals surface area contributed by atoms with Gasteiger partial charge in [-0.3, -0.25) is 0 Å². The van der Waals surface area contributed by atoms with E-state index in [0.29, 0.717) is 5.92 Å². The highest BCUT2D eigenvalue weighted by Crippen LogP contribution is 1.90. The predicted octanol–water partition coefficient (Wildman–Crippen LogP) is 0.974. The first-order valence-electron chi connectivity index (χ1n) is 2.93. The summed E-state index contributed by atoms with van der Waals surface area (Å²) < 4.78 is 0. The zero-order chi connectivity index (χ0) is 6.57. The second-order valence-corrected chi connectivity index (χ2v) is 2.50. The molecule has 0 heterocycles. The van der Waals surface area contributed by atoms with Crippen molar-refractivity contribution in [2.24, 2.45) is 5.92 Å². The van der Waals surface area contributed by atoms with Gasteiger partial charge in [0.15, 0.2) is 0 Å². The maximum Gasteiger partial charge on any atom is 0.149 e. The summed E-state index contributed by atoms with van der Waals surface area (Å²) in [7, 11) is 3.78. The first kappa shape index (κ1) is 7.92. The first-order chi connectivity index (χ1) is 3.63. The minimum absolute atomic E-state index is 0.623. The maximum atomic E-state index is 5.14. The summed E-state index contributed by atoms with van der Waals surface area (Å²) in [5.74, 6) is 0.623. The minimum atomic E-state index is 0.623. The Kier molecular flexibility index (Phi) is 3.83. The third kappa shape index (κ3) is 5.92. The van der Waals surface area contributed by atoms with Gasteiger partial charge in [-0.25, -0.2) is 0 Å². The average Bonchev–Trinajstić information content (AvgIpc) is 1.61. The number of hydrogen-bond acceptors (Lipinski definition) is 2. The molecule has 0 unspecified atom stereocenters. The molecule has 0 spiro atoms. The molecule has 0 bridgehead atoms. The fourth-order valence-corrected chi connectivity index (χ4v) is 0.298. The monoisotopic (exact) mass is 117 g/mol. The van der Waals surface area contributed by atoms with Gasteiger partial charge in [-0.15, -0.1) is 4.84 Å². The van der Waals surface area contributed by atoms with Gasteiger partial charge in [0.25, 0.3) is 0 Å². The standard InChI is InChI=1S/C6H15NO/c1-6(2)5-8-7(3)4/h6H,5H2,1-4H3/q+1. The molecule has 0 aliphatic rings. The van der Waals surface area contributed by atoms with E-state index in [1.54, 1.807) is 5.06 Å². The van der Waals surface area contributed by atoms with Gasteiger partial charge in [0.1, 0.15) is 20.7 Å². The summed E-state index contributed by atoms with van der Waals surface area (Å²) in [4.78, 5) is 5.14. The Balaban J connectivity index is 2.93. The third-order valence-corrected chi connectivity index (χ3v) is 0.666. The lowest BCUT2D eigenvalue weighted by atomic mass is 10.2. The Morgan fingerprint density at radius 3 is 2.00 bits per heavy atom. The Labute approximate surface area is 51.4 Å². The second-order valence-electron chi connectivity index (χ2n) is 2.50. The molecule has 0 atom stereocenters. The smallest absolute Gasteiger partial charge is 0.149 e. The van der Waals surface area contributed by atoms with Crippen molar-refractivity contribution in [1.29, 1.82) is 0 Å². The van der Waals surface area contributed by atoms with E-state index in [4.69, 9.17) is 4.84 Å². The summed E-state index contributed by atoms with van der Waals surface area (Å²) in [5.41, 5.74) is 0. The van der Waals surface area contributed by atoms with Crippen molar-refractivity contribution in [3.63, 3.8) is 0 Å². The van der Waals surface area contributed by atoms with Crippen molar-refractivity contribution in [2.75, 3.05) is 20.7 Å². The molecule has 0 saturated carbocycles. The van der Waals surface area contributed by atoms with E-state index >= 15 is 0 Å². The average molecular weight is 117 g/mol. The quantitative estimate of drug-likeness (QED) is 0.397. The van der Waals surface area contributed by atoms with Crippen molar-refractivity contribution in [3.05, 3.63) is 0 Å². The summed E-state index contributed by atoms with van der Waals surface area (Å²) >= 11 is 0. The summed E-state index contributed by atoms with van der Waals surface area (Å²) in [6, 6.07) is 0. The topological polar surface area (TPSA) is 15.1 Å². The van der Waals surface area contributed by atoms with Crippen LogP contribution in [-0.2, 0) is 4.84 Å². The van der Waals surface area contributed by atoms with Crippen LogP contribution in [0.5, 0.6) is 0 Å². The fraction of sp³-hybridized carbons (Fsp3) is 1.00. The van der Waals surface area contributed by atoms with Crippen molar-refractivity contribution in [1.82, 2.24) is 5.06 Å². The molecular weight excluding hydrogens is 102 g/mol. The Bertz CT molecular complexity index is 44.5. The van der Waals surface area contributed by atoms with Gasteiger partial charge in [0, 0.05) is 0 Å². The molecule has 0 saturated heterocycles. The molecule has 2 nitrogen and oxygen atoms in total. The highest BCUT2D eigenvalue weighted by atomic mass is 16.7. The lowest BCUT2D eigenvalue weighted by Crippen LogP contribution is -2.21. The highest BCUT2D eigenvalue weighted by molar-refractivity contribution is 4.37. The van der Waals surface area contributed by atoms with E-state index in [1.807, 2.05) is 14.1 Å². The molecular formula is C6H15NO+. The van der Waals surface area contributed by atoms with Gasteiger partial charge in [-0.05, 0) is 11.0 Å². The third-order valence-electron chi connectivity index (χ3n) is 0.666. The number of hydroxylamine groups is 2. The number of hydrogen-bond donors (Lipinski definition) is 0. The lowest BCUT2D eigenvalue weighted by molar-refractivity contribution is -0.0474. The molecule has 0 aromatic rings. The maximum absolute atomic E-state index is 5.14. The van der Waals surface area contributed by atoms with Crippen LogP contribution in [0.2, 0.25) is 0 Å². The first-order valence-corrected chi connectivity index (χ1v) is 2.93. The predicted molar refractivity (Wildman–Crippen MR) is 34.8 cm³/mol. The highest BCUT2D eigenvalue weighted by Gasteiger charge is 2.00. The van der Waals surface area contributed by atoms with Gasteiger partial charge in [0.05, 0.1) is 0 Å². The Morgan fingerprint density at radius 2 is 1.88 bits per heavy atom. The van der Waals surface area contributed by atoms with Crippen LogP contribution in [-0.4, -0.2) is 20.7 Å². The largest absolute Gasteiger partial charge is 0.149 e. The van der Waals surface area contributed by atoms with E-state index < -0.39 is 0 Å². The molecule has 0 N–H and O–H groups in total. The number of rotatable bonds is 3. The van der Waals surface area contributed by atoms with Gasteiger partial charge in [0.2, 0.25) is 0 Å². The molecule has 0 rings (SSSR count). The van der Waals surface area contributed by atoms with Crippen molar-refractivity contribution in [2.45, 2.75) is 13.8 Å². The van der Waals surface area contributed by atoms with Crippen LogP contribution >= 0.6 is 0 Å². The normalized spacial score (nSPS) is 11.2. The number of nitrogens with zero attached hydrogens (tertiary/aromatic N) is 1. The van der Waals surface area contributed by atoms with Gasteiger partial charge in [-0.1, -0.05) is 13.8 Å². The van der Waals surface area contributed by atoms with Gasteiger partial charge in [-0.2, -0.15) is 0 Å². The van der Waals surface area contributed by atoms with E-state index in [0.717, 1.165) is 6.61 Å². The molecule has 0 fully saturated rings. The molecule has 0 amide bonds. The van der Waals surface area contributed by atoms with E-state index in [1.165, 1.54) is 0 Å². The van der Waals surface area contributed by atoms with E-state index in [-0.39, 0.29) is 0 Å². The van der Waals surface area contributed by atoms with Crippen LogP contribution < -0.4 is 5.06 Å². The summed E-state index contributed by atoms with van der Waals surface area (Å²) in [5, 5.41) is 1.72. The Hall–Kier alpha value is -0.0800. The van der Waals surface area contributed by atoms with Crippen molar-refractivity contribution >= 4 is 0 Å². The van der Waals surface area contributed by atoms with E-state index in [9.17, 15) is 0 Å². The van der Waals surface area contributed by atoms with Crippen molar-refractivity contribution < 1.29 is 4.84 Å². The molecule has 1 radical (unpaired) electrons. The fourth-order valence-electron chi connectivity index (χ4n) is 0.298. The van der Waals surface area contributed by atoms with Crippen LogP contribution in [0.25, 0.3) is 0 Å². The van der Waals surface area contributed by atoms with E-state index in [2.05, 4.69) is 13.8 Å². The molecule has 49 valence electrons. The van der Waals surface area contributed by atoms with Gasteiger partial charge >= 0.3 is 0 Å². The van der Waals surface area contributed by atoms with Crippen LogP contribution in [0.4, 0.5) is 0 Å². The molecule has 0 aliphatic carbocycles. The second kappa shape index (κ2) is 3.87. The molecule has 0 aromatic carbocycles. The Morgan fingerprint density at radius 1 is 1.38 bits per heavy atom. The van der Waals surface area contributed by atoms with Crippen molar-refractivity contribution in [3.8, 4) is 0 Å². The SMILES string of the molecule is CC(C)CO[N+](C)C. The van der Waals surface area contributed by atoms with Gasteiger partial charge < -0.3 is 0 Å².